The van der Waals surface area contributed by atoms with Crippen molar-refractivity contribution in [3.63, 3.8) is 0 Å². The number of aliphatic hydroxyl groups is 32. The van der Waals surface area contributed by atoms with Crippen LogP contribution in [-0.4, -0.2) is 579 Å². The molecule has 0 unspecified atom stereocenters. The summed E-state index contributed by atoms with van der Waals surface area (Å²) < 4.78 is 116. The Bertz CT molecular complexity index is 3240. The molecule has 0 saturated carbocycles. The van der Waals surface area contributed by atoms with Crippen molar-refractivity contribution >= 4 is 23.2 Å². The number of ether oxygens (including phenoxy) is 20. The molecule has 14 bridgehead atoms. The number of nitrogens with one attached hydrogen (secondary N) is 3. The lowest BCUT2D eigenvalue weighted by molar-refractivity contribution is -0.396. The molecule has 24 heterocycles. The number of carbonyl (C=O) groups excluding carboxylic acids is 1. The average Bonchev–Trinajstić information content (AvgIpc) is 0.793. The Balaban J connectivity index is 0.802. The van der Waals surface area contributed by atoms with Gasteiger partial charge in [-0.05, 0) is 25.1 Å². The van der Waals surface area contributed by atoms with Crippen LogP contribution in [0.2, 0.25) is 0 Å². The van der Waals surface area contributed by atoms with E-state index < -0.39 is 411 Å². The highest BCUT2D eigenvalue weighted by Gasteiger charge is 2.61. The van der Waals surface area contributed by atoms with Gasteiger partial charge < -0.3 is 274 Å². The van der Waals surface area contributed by atoms with E-state index in [1.54, 1.807) is 0 Å². The maximum Gasteiger partial charge on any atom is 0.220 e. The van der Waals surface area contributed by atoms with Crippen LogP contribution < -0.4 is 16.0 Å². The molecule has 1 amide bonds. The first-order valence-corrected chi connectivity index (χ1v) is 41.7. The smallest absolute Gasteiger partial charge is 0.220 e. The number of carbonyl (C=O) groups is 1. The molecule has 744 valence electrons. The van der Waals surface area contributed by atoms with Gasteiger partial charge in [0.15, 0.2) is 68.0 Å². The molecule has 128 heavy (non-hydrogen) atoms. The summed E-state index contributed by atoms with van der Waals surface area (Å²) in [7, 11) is 0. The highest BCUT2D eigenvalue weighted by molar-refractivity contribution is 7.80. The SMILES string of the molecule is O=C(CCCCCNC(=S)NC[C@@H]1O[C@@H]2O[C@H]3[C@H](O)[C@H](O)[C@@H](O[C@H]4[C@@H](O)[C@H](O)[C@@H](O[C@H]5[C@H](O)[C@@H](O)[C@@H](O[C@H]6[C@H](O)[C@@H](O)[C@@H](O[C@H]7[C@H](O)[C@@H](O)[C@@H](O[C@H]8[C@H](O)[C@@H](O)[C@@H](O[C@H]1[C@H](O)[C@H]2O)O[C@H]8CO)O[C@H]7CO)O[C@H]6CO)O[C@@H]5CO)O[C@@H]4CO)O[C@@H]3CO)NC(CO[C@H]1O[C@H](CO)[C@@H](O)[C@H](O)[C@@H]1O)(CO[C@H]1O[C@H](CO)[C@@H](O)[C@H](O)[C@@H]1O)CO[C@H]1O[C@H](CO)[C@@H](O)[C@H](O)[C@@H]1O. The second kappa shape index (κ2) is 47.0. The number of aliphatic hydroxyl groups excluding tert-OH is 32. The number of unbranched alkanes of at least 4 members (excludes halogenated alkanes) is 2. The van der Waals surface area contributed by atoms with E-state index in [-0.39, 0.29) is 30.9 Å². The first-order chi connectivity index (χ1) is 60.9. The summed E-state index contributed by atoms with van der Waals surface area (Å²) in [5, 5.41) is 361. The maximum atomic E-state index is 14.3. The van der Waals surface area contributed by atoms with Gasteiger partial charge in [-0.1, -0.05) is 6.42 Å². The normalized spacial score (nSPS) is 49.0. The van der Waals surface area contributed by atoms with E-state index in [0.717, 1.165) is 0 Å². The van der Waals surface area contributed by atoms with Crippen LogP contribution in [0.4, 0.5) is 0 Å². The Kier molecular flexibility index (Phi) is 38.7. The van der Waals surface area contributed by atoms with Crippen LogP contribution in [0.1, 0.15) is 25.7 Å². The van der Waals surface area contributed by atoms with Crippen molar-refractivity contribution in [3.8, 4) is 0 Å². The second-order valence-electron chi connectivity index (χ2n) is 32.8. The summed E-state index contributed by atoms with van der Waals surface area (Å²) in [6.45, 7) is -13.1. The van der Waals surface area contributed by atoms with Crippen LogP contribution in [0.25, 0.3) is 0 Å². The van der Waals surface area contributed by atoms with E-state index in [1.165, 1.54) is 0 Å². The van der Waals surface area contributed by atoms with Gasteiger partial charge in [0.2, 0.25) is 5.91 Å². The van der Waals surface area contributed by atoms with E-state index in [9.17, 15) is 168 Å². The van der Waals surface area contributed by atoms with E-state index in [2.05, 4.69) is 16.0 Å². The van der Waals surface area contributed by atoms with Crippen LogP contribution in [-0.2, 0) is 99.5 Å². The molecular formula is C71H121N3O53S. The van der Waals surface area contributed by atoms with Crippen molar-refractivity contribution in [2.24, 2.45) is 0 Å². The number of hydrogen-bond donors (Lipinski definition) is 35. The quantitative estimate of drug-likeness (QED) is 0.0268. The van der Waals surface area contributed by atoms with Gasteiger partial charge in [-0.3, -0.25) is 4.79 Å². The average molecular weight is 1900 g/mol. The lowest BCUT2D eigenvalue weighted by Crippen LogP contribution is -2.68. The zero-order valence-electron chi connectivity index (χ0n) is 67.9. The van der Waals surface area contributed by atoms with Crippen molar-refractivity contribution in [2.75, 3.05) is 92.4 Å². The molecule has 0 aromatic heterocycles. The van der Waals surface area contributed by atoms with Crippen LogP contribution in [0.5, 0.6) is 0 Å². The molecule has 56 nitrogen and oxygen atoms in total. The molecule has 24 fully saturated rings. The van der Waals surface area contributed by atoms with Crippen LogP contribution in [0.15, 0.2) is 0 Å². The third kappa shape index (κ3) is 23.4. The van der Waals surface area contributed by atoms with Gasteiger partial charge in [-0.15, -0.1) is 0 Å². The van der Waals surface area contributed by atoms with Crippen LogP contribution >= 0.6 is 12.2 Å². The number of amides is 1. The van der Waals surface area contributed by atoms with Crippen molar-refractivity contribution in [2.45, 2.75) is 338 Å². The lowest BCUT2D eigenvalue weighted by atomic mass is 9.95. The molecular weight excluding hydrogens is 1770 g/mol. The highest BCUT2D eigenvalue weighted by Crippen LogP contribution is 2.41. The standard InChI is InChI=1S/C71H121N3O53S/c75-7-20-30(85)33(88)43(98)60(112-20)108-16-71(17-109-61-44(99)34(89)31(86)21(8-76)113-61,18-110-62-45(100)35(90)32(87)22(9-77)114-62)74-29(84)4-2-1-3-5-72-70(128)73-6-19-53-36(91)46(101)63(111-19)122-54-23(10-78)116-65(48(103)38(54)93)124-56-25(12-80)118-67(50(105)40(56)95)126-58-27(14-82)120-69(52(107)42(58)97)127-59-28(15-83)119-68(51(106)41(59)96)125-57-26(13-81)117-66(49(104)39(57)94)123-55-24(11-79)115-64(121-53)47(102)37(55)92/h19-28,30-69,75-83,85-107H,1-18H2,(H,74,84)(H2,72,73,128)/t19-,20+,21+,22+,23+,24-,25+,26-,27+,28-,30+,31+,32+,33-,34-,35-,36+,37+,38+,39+,40-,41+,42+,43-,44-,45-,46+,47+,48-,49+,50-,51+,52+,53+,54+,55+,56+,57+,58+,59+,60-,61-,62-,63+,64+,65+,66+,67+,68+,69+/m0/s1. The van der Waals surface area contributed by atoms with Gasteiger partial charge in [0.05, 0.1) is 79.3 Å². The Labute approximate surface area is 730 Å². The minimum atomic E-state index is -2.36. The minimum absolute atomic E-state index is 0.000391. The van der Waals surface area contributed by atoms with Crippen molar-refractivity contribution in [1.82, 2.24) is 16.0 Å². The van der Waals surface area contributed by atoms with E-state index in [4.69, 9.17) is 107 Å². The highest BCUT2D eigenvalue weighted by atomic mass is 32.1. The topological polar surface area (TPSA) is 885 Å². The third-order valence-electron chi connectivity index (χ3n) is 24.0. The van der Waals surface area contributed by atoms with Gasteiger partial charge in [0.1, 0.15) is 250 Å². The summed E-state index contributed by atoms with van der Waals surface area (Å²) in [5.74, 6) is -0.882. The molecule has 35 N–H and O–H groups in total. The van der Waals surface area contributed by atoms with E-state index in [1.807, 2.05) is 0 Å². The van der Waals surface area contributed by atoms with Crippen molar-refractivity contribution in [3.05, 3.63) is 0 Å². The Morgan fingerprint density at radius 2 is 0.477 bits per heavy atom. The van der Waals surface area contributed by atoms with Gasteiger partial charge in [-0.2, -0.15) is 0 Å². The summed E-state index contributed by atoms with van der Waals surface area (Å²) in [4.78, 5) is 14.3. The second-order valence-corrected chi connectivity index (χ2v) is 33.2. The first kappa shape index (κ1) is 106. The number of hydrogen-bond acceptors (Lipinski definition) is 54. The Morgan fingerprint density at radius 1 is 0.250 bits per heavy atom. The molecule has 0 radical (unpaired) electrons. The first-order valence-electron chi connectivity index (χ1n) is 41.3. The molecule has 24 aliphatic rings. The van der Waals surface area contributed by atoms with Crippen molar-refractivity contribution in [1.29, 1.82) is 0 Å². The van der Waals surface area contributed by atoms with Gasteiger partial charge in [-0.25, -0.2) is 0 Å². The molecule has 0 spiro atoms. The number of rotatable bonds is 27. The van der Waals surface area contributed by atoms with E-state index >= 15 is 0 Å². The molecule has 0 aliphatic carbocycles. The Hall–Kier alpha value is -2.92. The lowest BCUT2D eigenvalue weighted by Gasteiger charge is -2.50. The number of thiocarbonyl (C=S) groups is 1. The predicted molar refractivity (Wildman–Crippen MR) is 398 cm³/mol. The zero-order chi connectivity index (χ0) is 93.5. The largest absolute Gasteiger partial charge is 0.394 e. The summed E-state index contributed by atoms with van der Waals surface area (Å²) in [6, 6.07) is 0. The maximum absolute atomic E-state index is 14.3. The molecule has 24 aliphatic heterocycles. The molecule has 0 aromatic rings. The fraction of sp³-hybridized carbons (Fsp3) is 0.972. The van der Waals surface area contributed by atoms with Gasteiger partial charge >= 0.3 is 0 Å². The monoisotopic (exact) mass is 1900 g/mol. The fourth-order valence-electron chi connectivity index (χ4n) is 16.4. The molecule has 50 atom stereocenters. The minimum Gasteiger partial charge on any atom is -0.394 e. The van der Waals surface area contributed by atoms with Crippen LogP contribution in [0, 0.1) is 0 Å². The molecule has 24 rings (SSSR count). The van der Waals surface area contributed by atoms with Gasteiger partial charge in [0.25, 0.3) is 0 Å². The molecule has 57 heteroatoms. The molecule has 0 aromatic carbocycles. The fourth-order valence-corrected chi connectivity index (χ4v) is 16.6. The predicted octanol–water partition coefficient (Wildman–Crippen LogP) is -22.9. The summed E-state index contributed by atoms with van der Waals surface area (Å²) >= 11 is 5.59. The van der Waals surface area contributed by atoms with E-state index in [0.29, 0.717) is 0 Å². The molecule has 24 saturated heterocycles. The summed E-state index contributed by atoms with van der Waals surface area (Å²) in [5.41, 5.74) is -2.24. The summed E-state index contributed by atoms with van der Waals surface area (Å²) in [6.07, 6.45) is -103. The Morgan fingerprint density at radius 3 is 0.711 bits per heavy atom. The van der Waals surface area contributed by atoms with Crippen molar-refractivity contribution < 1.29 is 263 Å². The third-order valence-corrected chi connectivity index (χ3v) is 24.2. The zero-order valence-corrected chi connectivity index (χ0v) is 68.7. The van der Waals surface area contributed by atoms with Gasteiger partial charge in [0, 0.05) is 19.5 Å². The van der Waals surface area contributed by atoms with Crippen LogP contribution in [0.3, 0.4) is 0 Å².